The number of carbonyl (C=O) groups is 2. The van der Waals surface area contributed by atoms with Gasteiger partial charge in [0.1, 0.15) is 0 Å². The van der Waals surface area contributed by atoms with Crippen molar-refractivity contribution in [2.75, 3.05) is 27.2 Å². The van der Waals surface area contributed by atoms with Crippen molar-refractivity contribution in [3.8, 4) is 0 Å². The Kier molecular flexibility index (Phi) is 5.32. The highest BCUT2D eigenvalue weighted by Gasteiger charge is 2.33. The van der Waals surface area contributed by atoms with E-state index < -0.39 is 0 Å². The predicted octanol–water partition coefficient (Wildman–Crippen LogP) is 2.40. The molecule has 2 N–H and O–H groups in total. The second-order valence-electron chi connectivity index (χ2n) is 7.09. The lowest BCUT2D eigenvalue weighted by atomic mass is 9.90. The molecule has 3 rings (SSSR count). The number of aromatic amines is 1. The maximum atomic E-state index is 13.0. The number of carbonyl (C=O) groups excluding carboxylic acids is 2. The van der Waals surface area contributed by atoms with E-state index in [1.165, 1.54) is 5.56 Å². The smallest absolute Gasteiger partial charge is 0.253 e. The summed E-state index contributed by atoms with van der Waals surface area (Å²) in [7, 11) is 3.30. The van der Waals surface area contributed by atoms with Gasteiger partial charge < -0.3 is 19.9 Å². The fourth-order valence-electron chi connectivity index (χ4n) is 3.82. The summed E-state index contributed by atoms with van der Waals surface area (Å²) < 4.78 is 5.54. The van der Waals surface area contributed by atoms with Gasteiger partial charge in [0.15, 0.2) is 0 Å². The Hall–Kier alpha value is -2.34. The Morgan fingerprint density at radius 1 is 1.35 bits per heavy atom. The lowest BCUT2D eigenvalue weighted by Gasteiger charge is -2.37. The van der Waals surface area contributed by atoms with E-state index in [-0.39, 0.29) is 23.8 Å². The molecule has 1 aliphatic rings. The molecule has 1 aromatic heterocycles. The average molecular weight is 357 g/mol. The highest BCUT2D eigenvalue weighted by molar-refractivity contribution is 5.99. The second-order valence-corrected chi connectivity index (χ2v) is 7.09. The lowest BCUT2D eigenvalue weighted by Crippen LogP contribution is -2.47. The van der Waals surface area contributed by atoms with Crippen LogP contribution in [-0.4, -0.2) is 55.0 Å². The molecule has 0 radical (unpaired) electrons. The molecule has 1 aliphatic heterocycles. The number of aryl methyl sites for hydroxylation is 2. The Morgan fingerprint density at radius 3 is 2.81 bits per heavy atom. The molecule has 0 spiro atoms. The largest absolute Gasteiger partial charge is 0.381 e. The summed E-state index contributed by atoms with van der Waals surface area (Å²) in [5, 5.41) is 3.75. The van der Waals surface area contributed by atoms with Gasteiger partial charge >= 0.3 is 0 Å². The summed E-state index contributed by atoms with van der Waals surface area (Å²) in [6.45, 7) is 5.28. The number of methoxy groups -OCH3 is 1. The first-order chi connectivity index (χ1) is 12.4. The van der Waals surface area contributed by atoms with Crippen LogP contribution in [-0.2, 0) is 9.53 Å². The van der Waals surface area contributed by atoms with Crippen molar-refractivity contribution in [1.29, 1.82) is 0 Å². The Balaban J connectivity index is 1.80. The molecule has 0 aliphatic carbocycles. The number of H-pyrrole nitrogens is 1. The normalized spacial score (nSPS) is 20.4. The van der Waals surface area contributed by atoms with E-state index in [0.29, 0.717) is 25.1 Å². The van der Waals surface area contributed by atoms with Gasteiger partial charge in [0.2, 0.25) is 5.91 Å². The zero-order valence-corrected chi connectivity index (χ0v) is 15.9. The Labute approximate surface area is 153 Å². The predicted molar refractivity (Wildman–Crippen MR) is 101 cm³/mol. The molecule has 1 fully saturated rings. The van der Waals surface area contributed by atoms with Gasteiger partial charge in [-0.15, -0.1) is 0 Å². The van der Waals surface area contributed by atoms with Gasteiger partial charge in [-0.2, -0.15) is 0 Å². The van der Waals surface area contributed by atoms with Crippen molar-refractivity contribution in [2.24, 2.45) is 5.92 Å². The summed E-state index contributed by atoms with van der Waals surface area (Å²) in [6.07, 6.45) is 1.12. The lowest BCUT2D eigenvalue weighted by molar-refractivity contribution is -0.123. The average Bonchev–Trinajstić information content (AvgIpc) is 2.94. The first kappa shape index (κ1) is 18.5. The highest BCUT2D eigenvalue weighted by Crippen LogP contribution is 2.26. The minimum atomic E-state index is -0.0220. The van der Waals surface area contributed by atoms with Gasteiger partial charge in [0.05, 0.1) is 6.10 Å². The van der Waals surface area contributed by atoms with E-state index in [1.54, 1.807) is 14.2 Å². The molecule has 0 bridgehead atoms. The van der Waals surface area contributed by atoms with Crippen molar-refractivity contribution in [2.45, 2.75) is 32.8 Å². The van der Waals surface area contributed by atoms with Gasteiger partial charge in [-0.1, -0.05) is 0 Å². The van der Waals surface area contributed by atoms with Gasteiger partial charge in [-0.05, 0) is 44.0 Å². The molecule has 6 nitrogen and oxygen atoms in total. The molecule has 2 atom stereocenters. The summed E-state index contributed by atoms with van der Waals surface area (Å²) in [5.74, 6) is 0.00502. The molecule has 1 aromatic carbocycles. The van der Waals surface area contributed by atoms with Gasteiger partial charge in [0.25, 0.3) is 5.91 Å². The third-order valence-electron chi connectivity index (χ3n) is 5.54. The first-order valence-electron chi connectivity index (χ1n) is 9.06. The molecule has 2 aromatic rings. The monoisotopic (exact) mass is 357 g/mol. The maximum Gasteiger partial charge on any atom is 0.253 e. The number of likely N-dealkylation sites (tertiary alicyclic amines) is 1. The number of nitrogens with one attached hydrogen (secondary N) is 2. The van der Waals surface area contributed by atoms with E-state index in [1.807, 2.05) is 30.0 Å². The van der Waals surface area contributed by atoms with Crippen molar-refractivity contribution < 1.29 is 14.3 Å². The molecule has 2 heterocycles. The summed E-state index contributed by atoms with van der Waals surface area (Å²) in [5.41, 5.74) is 4.03. The number of piperidine rings is 1. The molecule has 0 saturated carbocycles. The van der Waals surface area contributed by atoms with E-state index in [2.05, 4.69) is 17.2 Å². The van der Waals surface area contributed by atoms with Crippen LogP contribution in [0.5, 0.6) is 0 Å². The SMILES string of the molecule is CNC(=O)C[C@@H]1CN(C(=O)c2ccc3[nH]c(C)c(C)c3c2)CC[C@H]1OC. The van der Waals surface area contributed by atoms with Crippen LogP contribution in [0.2, 0.25) is 0 Å². The van der Waals surface area contributed by atoms with E-state index in [0.717, 1.165) is 23.0 Å². The first-order valence-corrected chi connectivity index (χ1v) is 9.06. The fourth-order valence-corrected chi connectivity index (χ4v) is 3.82. The topological polar surface area (TPSA) is 74.4 Å². The molecular weight excluding hydrogens is 330 g/mol. The number of nitrogens with zero attached hydrogens (tertiary/aromatic N) is 1. The summed E-state index contributed by atoms with van der Waals surface area (Å²) >= 11 is 0. The van der Waals surface area contributed by atoms with E-state index in [9.17, 15) is 9.59 Å². The number of hydrogen-bond acceptors (Lipinski definition) is 3. The third kappa shape index (κ3) is 3.46. The third-order valence-corrected chi connectivity index (χ3v) is 5.54. The molecule has 6 heteroatoms. The fraction of sp³-hybridized carbons (Fsp3) is 0.500. The van der Waals surface area contributed by atoms with E-state index in [4.69, 9.17) is 4.74 Å². The van der Waals surface area contributed by atoms with Crippen LogP contribution < -0.4 is 5.32 Å². The van der Waals surface area contributed by atoms with Crippen LogP contribution in [0.3, 0.4) is 0 Å². The van der Waals surface area contributed by atoms with E-state index >= 15 is 0 Å². The number of hydrogen-bond donors (Lipinski definition) is 2. The molecule has 140 valence electrons. The minimum Gasteiger partial charge on any atom is -0.381 e. The van der Waals surface area contributed by atoms with Crippen LogP contribution in [0.15, 0.2) is 18.2 Å². The standard InChI is InChI=1S/C20H27N3O3/c1-12-13(2)22-17-6-5-14(9-16(12)17)20(25)23-8-7-18(26-4)15(11-23)10-19(24)21-3/h5-6,9,15,18,22H,7-8,10-11H2,1-4H3,(H,21,24)/t15-,18-/m1/s1. The Morgan fingerprint density at radius 2 is 2.12 bits per heavy atom. The number of fused-ring (bicyclic) bond motifs is 1. The Bertz CT molecular complexity index is 827. The summed E-state index contributed by atoms with van der Waals surface area (Å²) in [4.78, 5) is 30.0. The van der Waals surface area contributed by atoms with Crippen LogP contribution in [0.4, 0.5) is 0 Å². The van der Waals surface area contributed by atoms with Crippen molar-refractivity contribution >= 4 is 22.7 Å². The molecular formula is C20H27N3O3. The molecule has 1 saturated heterocycles. The van der Waals surface area contributed by atoms with Crippen molar-refractivity contribution in [1.82, 2.24) is 15.2 Å². The molecule has 26 heavy (non-hydrogen) atoms. The van der Waals surface area contributed by atoms with Gasteiger partial charge in [-0.3, -0.25) is 9.59 Å². The van der Waals surface area contributed by atoms with Gasteiger partial charge in [0, 0.05) is 61.7 Å². The van der Waals surface area contributed by atoms with Gasteiger partial charge in [-0.25, -0.2) is 0 Å². The zero-order chi connectivity index (χ0) is 18.8. The highest BCUT2D eigenvalue weighted by atomic mass is 16.5. The molecule has 0 unspecified atom stereocenters. The van der Waals surface area contributed by atoms with Crippen LogP contribution >= 0.6 is 0 Å². The number of ether oxygens (including phenoxy) is 1. The maximum absolute atomic E-state index is 13.0. The second kappa shape index (κ2) is 7.50. The van der Waals surface area contributed by atoms with Crippen LogP contribution in [0.25, 0.3) is 10.9 Å². The minimum absolute atomic E-state index is 0.00778. The van der Waals surface area contributed by atoms with Crippen LogP contribution in [0, 0.1) is 19.8 Å². The number of aromatic nitrogens is 1. The zero-order valence-electron chi connectivity index (χ0n) is 15.9. The number of benzene rings is 1. The van der Waals surface area contributed by atoms with Crippen molar-refractivity contribution in [3.63, 3.8) is 0 Å². The summed E-state index contributed by atoms with van der Waals surface area (Å²) in [6, 6.07) is 5.80. The quantitative estimate of drug-likeness (QED) is 0.882. The van der Waals surface area contributed by atoms with Crippen molar-refractivity contribution in [3.05, 3.63) is 35.0 Å². The molecule has 2 amide bonds. The number of amides is 2. The number of rotatable bonds is 4. The van der Waals surface area contributed by atoms with Crippen LogP contribution in [0.1, 0.15) is 34.5 Å².